The van der Waals surface area contributed by atoms with Crippen LogP contribution in [0.15, 0.2) is 24.4 Å². The molecule has 0 bridgehead atoms. The van der Waals surface area contributed by atoms with Crippen LogP contribution in [0.1, 0.15) is 47.8 Å². The first-order chi connectivity index (χ1) is 12.5. The molecule has 1 atom stereocenters. The number of hydrogen-bond acceptors (Lipinski definition) is 3. The van der Waals surface area contributed by atoms with Crippen molar-refractivity contribution in [1.29, 1.82) is 0 Å². The second-order valence-electron chi connectivity index (χ2n) is 7.07. The summed E-state index contributed by atoms with van der Waals surface area (Å²) < 4.78 is 29.3. The maximum absolute atomic E-state index is 13.9. The third-order valence-electron chi connectivity index (χ3n) is 4.96. The number of carbonyl (C=O) groups excluding carboxylic acids is 1. The molecule has 1 unspecified atom stereocenters. The lowest BCUT2D eigenvalue weighted by atomic mass is 9.89. The van der Waals surface area contributed by atoms with E-state index in [0.29, 0.717) is 13.0 Å². The Morgan fingerprint density at radius 1 is 1.35 bits per heavy atom. The molecule has 26 heavy (non-hydrogen) atoms. The van der Waals surface area contributed by atoms with E-state index >= 15 is 0 Å². The number of halogens is 2. The molecule has 0 saturated carbocycles. The second-order valence-corrected chi connectivity index (χ2v) is 7.07. The largest absolute Gasteiger partial charge is 0.298 e. The summed E-state index contributed by atoms with van der Waals surface area (Å²) in [5.41, 5.74) is 2.02. The van der Waals surface area contributed by atoms with Gasteiger partial charge in [-0.2, -0.15) is 5.10 Å². The molecule has 3 rings (SSSR count). The Balaban J connectivity index is 1.69. The highest BCUT2D eigenvalue weighted by molar-refractivity contribution is 5.98. The highest BCUT2D eigenvalue weighted by atomic mass is 19.1. The molecule has 0 N–H and O–H groups in total. The molecule has 1 aromatic carbocycles. The predicted octanol–water partition coefficient (Wildman–Crippen LogP) is 3.97. The summed E-state index contributed by atoms with van der Waals surface area (Å²) in [7, 11) is 0. The average molecular weight is 361 g/mol. The maximum Gasteiger partial charge on any atom is 0.170 e. The molecule has 0 radical (unpaired) electrons. The summed E-state index contributed by atoms with van der Waals surface area (Å²) in [5, 5.41) is 4.52. The van der Waals surface area contributed by atoms with E-state index < -0.39 is 11.6 Å². The zero-order chi connectivity index (χ0) is 18.7. The van der Waals surface area contributed by atoms with Gasteiger partial charge in [-0.05, 0) is 50.9 Å². The minimum absolute atomic E-state index is 0.135. The number of piperidine rings is 1. The quantitative estimate of drug-likeness (QED) is 0.731. The number of nitrogens with zero attached hydrogens (tertiary/aromatic N) is 3. The van der Waals surface area contributed by atoms with Crippen LogP contribution in [0.25, 0.3) is 0 Å². The highest BCUT2D eigenvalue weighted by Gasteiger charge is 2.28. The Morgan fingerprint density at radius 2 is 2.15 bits per heavy atom. The van der Waals surface area contributed by atoms with Crippen LogP contribution in [-0.2, 0) is 13.1 Å². The van der Waals surface area contributed by atoms with E-state index in [4.69, 9.17) is 0 Å². The Labute approximate surface area is 152 Å². The minimum atomic E-state index is -0.648. The Kier molecular flexibility index (Phi) is 5.81. The van der Waals surface area contributed by atoms with Gasteiger partial charge in [0, 0.05) is 37.3 Å². The van der Waals surface area contributed by atoms with Crippen molar-refractivity contribution in [3.05, 3.63) is 52.9 Å². The summed E-state index contributed by atoms with van der Waals surface area (Å²) in [4.78, 5) is 14.9. The van der Waals surface area contributed by atoms with Crippen molar-refractivity contribution in [1.82, 2.24) is 14.7 Å². The number of carbonyl (C=O) groups is 1. The van der Waals surface area contributed by atoms with Gasteiger partial charge < -0.3 is 0 Å². The van der Waals surface area contributed by atoms with E-state index in [1.807, 2.05) is 11.6 Å². The summed E-state index contributed by atoms with van der Waals surface area (Å²) in [6.07, 6.45) is 4.67. The third kappa shape index (κ3) is 4.18. The molecule has 140 valence electrons. The molecular weight excluding hydrogens is 336 g/mol. The Morgan fingerprint density at radius 3 is 2.92 bits per heavy atom. The van der Waals surface area contributed by atoms with Crippen LogP contribution >= 0.6 is 0 Å². The van der Waals surface area contributed by atoms with Crippen molar-refractivity contribution in [2.45, 2.75) is 46.2 Å². The van der Waals surface area contributed by atoms with Gasteiger partial charge in [0.25, 0.3) is 0 Å². The Hall–Kier alpha value is -2.08. The number of ketones is 1. The van der Waals surface area contributed by atoms with Gasteiger partial charge in [-0.15, -0.1) is 0 Å². The molecule has 2 heterocycles. The summed E-state index contributed by atoms with van der Waals surface area (Å²) in [6.45, 7) is 7.19. The van der Waals surface area contributed by atoms with Crippen molar-refractivity contribution in [2.24, 2.45) is 5.92 Å². The SMILES string of the molecule is CCCn1cc(CN2CCCC(C(=O)c3cc(F)ccc3F)C2)c(C)n1. The lowest BCUT2D eigenvalue weighted by molar-refractivity contribution is 0.0806. The van der Waals surface area contributed by atoms with E-state index in [2.05, 4.69) is 23.1 Å². The summed E-state index contributed by atoms with van der Waals surface area (Å²) in [5.74, 6) is -1.83. The standard InChI is InChI=1S/C20H25F2N3O/c1-3-8-25-13-16(14(2)23-25)12-24-9-4-5-15(11-24)20(26)18-10-17(21)6-7-19(18)22/h6-7,10,13,15H,3-5,8-9,11-12H2,1-2H3. The van der Waals surface area contributed by atoms with Crippen molar-refractivity contribution >= 4 is 5.78 Å². The lowest BCUT2D eigenvalue weighted by Gasteiger charge is -2.31. The van der Waals surface area contributed by atoms with Gasteiger partial charge in [0.15, 0.2) is 5.78 Å². The molecule has 4 nitrogen and oxygen atoms in total. The first-order valence-electron chi connectivity index (χ1n) is 9.22. The van der Waals surface area contributed by atoms with Gasteiger partial charge in [-0.1, -0.05) is 6.92 Å². The third-order valence-corrected chi connectivity index (χ3v) is 4.96. The maximum atomic E-state index is 13.9. The fraction of sp³-hybridized carbons (Fsp3) is 0.500. The minimum Gasteiger partial charge on any atom is -0.298 e. The van der Waals surface area contributed by atoms with Gasteiger partial charge in [0.1, 0.15) is 11.6 Å². The molecule has 6 heteroatoms. The predicted molar refractivity (Wildman–Crippen MR) is 95.9 cm³/mol. The van der Waals surface area contributed by atoms with Crippen LogP contribution in [0.5, 0.6) is 0 Å². The number of rotatable bonds is 6. The summed E-state index contributed by atoms with van der Waals surface area (Å²) in [6, 6.07) is 3.07. The van der Waals surface area contributed by atoms with Gasteiger partial charge in [0.2, 0.25) is 0 Å². The van der Waals surface area contributed by atoms with Gasteiger partial charge in [-0.3, -0.25) is 14.4 Å². The molecule has 1 saturated heterocycles. The van der Waals surface area contributed by atoms with E-state index in [9.17, 15) is 13.6 Å². The van der Waals surface area contributed by atoms with E-state index in [-0.39, 0.29) is 17.3 Å². The second kappa shape index (κ2) is 8.08. The van der Waals surface area contributed by atoms with Crippen LogP contribution < -0.4 is 0 Å². The molecule has 0 amide bonds. The molecular formula is C20H25F2N3O. The first kappa shape index (κ1) is 18.7. The molecule has 0 aliphatic carbocycles. The number of hydrogen-bond donors (Lipinski definition) is 0. The van der Waals surface area contributed by atoms with Crippen molar-refractivity contribution in [2.75, 3.05) is 13.1 Å². The van der Waals surface area contributed by atoms with Crippen molar-refractivity contribution in [3.63, 3.8) is 0 Å². The number of aromatic nitrogens is 2. The van der Waals surface area contributed by atoms with Crippen LogP contribution in [0.4, 0.5) is 8.78 Å². The molecule has 1 aromatic heterocycles. The lowest BCUT2D eigenvalue weighted by Crippen LogP contribution is -2.38. The topological polar surface area (TPSA) is 38.1 Å². The van der Waals surface area contributed by atoms with E-state index in [0.717, 1.165) is 61.9 Å². The zero-order valence-electron chi connectivity index (χ0n) is 15.3. The number of aryl methyl sites for hydroxylation is 2. The number of Topliss-reactive ketones (excluding diaryl/α,β-unsaturated/α-hetero) is 1. The van der Waals surface area contributed by atoms with Gasteiger partial charge in [0.05, 0.1) is 11.3 Å². The monoisotopic (exact) mass is 361 g/mol. The van der Waals surface area contributed by atoms with Crippen molar-refractivity contribution < 1.29 is 13.6 Å². The average Bonchev–Trinajstić information content (AvgIpc) is 2.96. The van der Waals surface area contributed by atoms with E-state index in [1.165, 1.54) is 0 Å². The van der Waals surface area contributed by atoms with Crippen LogP contribution in [0.2, 0.25) is 0 Å². The molecule has 0 spiro atoms. The smallest absolute Gasteiger partial charge is 0.170 e. The van der Waals surface area contributed by atoms with E-state index in [1.54, 1.807) is 0 Å². The fourth-order valence-corrected chi connectivity index (χ4v) is 3.62. The fourth-order valence-electron chi connectivity index (χ4n) is 3.62. The van der Waals surface area contributed by atoms with Crippen LogP contribution in [0.3, 0.4) is 0 Å². The van der Waals surface area contributed by atoms with Gasteiger partial charge in [-0.25, -0.2) is 8.78 Å². The molecule has 1 aliphatic rings. The van der Waals surface area contributed by atoms with Gasteiger partial charge >= 0.3 is 0 Å². The normalized spacial score (nSPS) is 18.2. The highest BCUT2D eigenvalue weighted by Crippen LogP contribution is 2.24. The van der Waals surface area contributed by atoms with Crippen LogP contribution in [0, 0.1) is 24.5 Å². The summed E-state index contributed by atoms with van der Waals surface area (Å²) >= 11 is 0. The Bertz CT molecular complexity index is 787. The van der Waals surface area contributed by atoms with Crippen LogP contribution in [-0.4, -0.2) is 33.6 Å². The van der Waals surface area contributed by atoms with Crippen molar-refractivity contribution in [3.8, 4) is 0 Å². The molecule has 2 aromatic rings. The molecule has 1 aliphatic heterocycles. The molecule has 1 fully saturated rings. The number of benzene rings is 1. The number of likely N-dealkylation sites (tertiary alicyclic amines) is 1. The first-order valence-corrected chi connectivity index (χ1v) is 9.22. The zero-order valence-corrected chi connectivity index (χ0v) is 15.3.